The summed E-state index contributed by atoms with van der Waals surface area (Å²) in [5.41, 5.74) is 7.38. The number of pyridine rings is 4. The van der Waals surface area contributed by atoms with Gasteiger partial charge in [0.15, 0.2) is 0 Å². The number of carbonyl (C=O) groups excluding carboxylic acids is 1. The zero-order valence-corrected chi connectivity index (χ0v) is 21.3. The Morgan fingerprint density at radius 2 is 1.66 bits per heavy atom. The van der Waals surface area contributed by atoms with Crippen molar-refractivity contribution >= 4 is 33.4 Å². The van der Waals surface area contributed by atoms with E-state index in [0.717, 1.165) is 55.7 Å². The fraction of sp³-hybridized carbons (Fsp3) is 0.172. The Morgan fingerprint density at radius 3 is 2.47 bits per heavy atom. The highest BCUT2D eigenvalue weighted by molar-refractivity contribution is 6.00. The third kappa shape index (κ3) is 4.61. The quantitative estimate of drug-likeness (QED) is 0.265. The Morgan fingerprint density at radius 1 is 0.842 bits per heavy atom. The van der Waals surface area contributed by atoms with Crippen molar-refractivity contribution in [2.75, 3.05) is 5.32 Å². The minimum Gasteiger partial charge on any atom is -0.353 e. The van der Waals surface area contributed by atoms with Gasteiger partial charge in [0.1, 0.15) is 5.69 Å². The van der Waals surface area contributed by atoms with E-state index in [1.807, 2.05) is 51.1 Å². The average molecular weight is 503 g/mol. The predicted molar refractivity (Wildman–Crippen MR) is 148 cm³/mol. The third-order valence-electron chi connectivity index (χ3n) is 6.21. The van der Waals surface area contributed by atoms with Gasteiger partial charge in [-0.15, -0.1) is 0 Å². The fourth-order valence-corrected chi connectivity index (χ4v) is 4.54. The van der Waals surface area contributed by atoms with Crippen molar-refractivity contribution in [2.24, 2.45) is 5.41 Å². The van der Waals surface area contributed by atoms with Crippen molar-refractivity contribution in [1.29, 1.82) is 0 Å². The first-order chi connectivity index (χ1) is 18.3. The summed E-state index contributed by atoms with van der Waals surface area (Å²) in [5, 5.41) is 12.5. The largest absolute Gasteiger partial charge is 0.353 e. The molecule has 0 aliphatic carbocycles. The zero-order valence-electron chi connectivity index (χ0n) is 21.3. The van der Waals surface area contributed by atoms with Crippen molar-refractivity contribution in [3.8, 4) is 33.9 Å². The Labute approximate surface area is 218 Å². The molecule has 9 heteroatoms. The molecule has 0 saturated carbocycles. The summed E-state index contributed by atoms with van der Waals surface area (Å²) in [5.74, 6) is -0.0450. The highest BCUT2D eigenvalue weighted by Gasteiger charge is 2.17. The standard InChI is InChI=1S/C29H26N8O/c1-29(2,3)13-26(38)34-19-10-18(14-31-15-19)23-11-21-25(16-33-23)36-37-28(21)24-12-20-22(35-24)6-9-32-27(20)17-4-7-30-8-5-17/h4-12,14-16,35H,13H2,1-3H3,(H,34,38)(H,36,37). The molecule has 9 nitrogen and oxygen atoms in total. The molecule has 1 amide bonds. The highest BCUT2D eigenvalue weighted by atomic mass is 16.1. The van der Waals surface area contributed by atoms with E-state index in [9.17, 15) is 4.79 Å². The maximum atomic E-state index is 12.4. The van der Waals surface area contributed by atoms with Gasteiger partial charge in [0.25, 0.3) is 0 Å². The number of anilines is 1. The number of nitrogens with zero attached hydrogens (tertiary/aromatic N) is 5. The van der Waals surface area contributed by atoms with Crippen LogP contribution in [0.25, 0.3) is 55.7 Å². The number of amides is 1. The second kappa shape index (κ2) is 9.19. The van der Waals surface area contributed by atoms with Gasteiger partial charge >= 0.3 is 0 Å². The van der Waals surface area contributed by atoms with Crippen LogP contribution in [0, 0.1) is 5.41 Å². The lowest BCUT2D eigenvalue weighted by Gasteiger charge is -2.17. The number of H-pyrrole nitrogens is 2. The smallest absolute Gasteiger partial charge is 0.224 e. The molecule has 188 valence electrons. The minimum atomic E-state index is -0.100. The van der Waals surface area contributed by atoms with E-state index in [1.165, 1.54) is 0 Å². The minimum absolute atomic E-state index is 0.0450. The summed E-state index contributed by atoms with van der Waals surface area (Å²) in [6.07, 6.45) is 10.9. The lowest BCUT2D eigenvalue weighted by atomic mass is 9.92. The van der Waals surface area contributed by atoms with Crippen LogP contribution in [0.2, 0.25) is 0 Å². The molecule has 0 aliphatic heterocycles. The average Bonchev–Trinajstić information content (AvgIpc) is 3.51. The summed E-state index contributed by atoms with van der Waals surface area (Å²) in [6, 6.07) is 11.8. The monoisotopic (exact) mass is 502 g/mol. The van der Waals surface area contributed by atoms with Crippen LogP contribution in [-0.4, -0.2) is 41.0 Å². The van der Waals surface area contributed by atoms with Crippen LogP contribution < -0.4 is 5.32 Å². The number of hydrogen-bond acceptors (Lipinski definition) is 6. The van der Waals surface area contributed by atoms with E-state index in [0.29, 0.717) is 12.1 Å². The summed E-state index contributed by atoms with van der Waals surface area (Å²) in [7, 11) is 0. The van der Waals surface area contributed by atoms with E-state index < -0.39 is 0 Å². The van der Waals surface area contributed by atoms with Gasteiger partial charge in [0.2, 0.25) is 5.91 Å². The van der Waals surface area contributed by atoms with E-state index >= 15 is 0 Å². The molecule has 0 radical (unpaired) electrons. The van der Waals surface area contributed by atoms with E-state index in [2.05, 4.69) is 46.5 Å². The molecule has 0 atom stereocenters. The second-order valence-corrected chi connectivity index (χ2v) is 10.5. The van der Waals surface area contributed by atoms with Gasteiger partial charge < -0.3 is 10.3 Å². The van der Waals surface area contributed by atoms with Crippen LogP contribution >= 0.6 is 0 Å². The maximum Gasteiger partial charge on any atom is 0.224 e. The molecule has 3 N–H and O–H groups in total. The molecular weight excluding hydrogens is 476 g/mol. The van der Waals surface area contributed by atoms with E-state index in [1.54, 1.807) is 37.2 Å². The zero-order chi connectivity index (χ0) is 26.3. The first-order valence-corrected chi connectivity index (χ1v) is 12.3. The van der Waals surface area contributed by atoms with Crippen LogP contribution in [0.5, 0.6) is 0 Å². The number of hydrogen-bond donors (Lipinski definition) is 3. The molecule has 6 rings (SSSR count). The van der Waals surface area contributed by atoms with Crippen molar-refractivity contribution in [2.45, 2.75) is 27.2 Å². The maximum absolute atomic E-state index is 12.4. The van der Waals surface area contributed by atoms with E-state index in [4.69, 9.17) is 0 Å². The molecule has 0 aromatic carbocycles. The lowest BCUT2D eigenvalue weighted by Crippen LogP contribution is -2.19. The number of nitrogens with one attached hydrogen (secondary N) is 3. The SMILES string of the molecule is CC(C)(C)CC(=O)Nc1cncc(-c2cc3c(-c4cc5c(-c6ccncc6)nccc5[nH]4)n[nH]c3cn2)c1. The van der Waals surface area contributed by atoms with Crippen molar-refractivity contribution in [3.05, 3.63) is 73.6 Å². The molecular formula is C29H26N8O. The normalized spacial score (nSPS) is 11.8. The van der Waals surface area contributed by atoms with Crippen molar-refractivity contribution in [3.63, 3.8) is 0 Å². The van der Waals surface area contributed by atoms with E-state index in [-0.39, 0.29) is 11.3 Å². The highest BCUT2D eigenvalue weighted by Crippen LogP contribution is 2.34. The summed E-state index contributed by atoms with van der Waals surface area (Å²) >= 11 is 0. The molecule has 0 aliphatic rings. The predicted octanol–water partition coefficient (Wildman–Crippen LogP) is 6.00. The number of aromatic nitrogens is 7. The van der Waals surface area contributed by atoms with Crippen LogP contribution in [0.3, 0.4) is 0 Å². The molecule has 6 aromatic rings. The molecule has 38 heavy (non-hydrogen) atoms. The fourth-order valence-electron chi connectivity index (χ4n) is 4.54. The topological polar surface area (TPSA) is 125 Å². The van der Waals surface area contributed by atoms with Crippen LogP contribution in [-0.2, 0) is 4.79 Å². The Balaban J connectivity index is 1.36. The Kier molecular flexibility index (Phi) is 5.68. The first kappa shape index (κ1) is 23.5. The van der Waals surface area contributed by atoms with Gasteiger partial charge in [-0.1, -0.05) is 20.8 Å². The molecule has 0 spiro atoms. The number of fused-ring (bicyclic) bond motifs is 2. The molecule has 6 heterocycles. The van der Waals surface area contributed by atoms with Gasteiger partial charge in [0, 0.05) is 58.6 Å². The lowest BCUT2D eigenvalue weighted by molar-refractivity contribution is -0.117. The molecule has 0 unspecified atom stereocenters. The van der Waals surface area contributed by atoms with Crippen LogP contribution in [0.1, 0.15) is 27.2 Å². The third-order valence-corrected chi connectivity index (χ3v) is 6.21. The van der Waals surface area contributed by atoms with Gasteiger partial charge in [-0.05, 0) is 41.8 Å². The first-order valence-electron chi connectivity index (χ1n) is 12.3. The molecule has 0 bridgehead atoms. The molecule has 0 saturated heterocycles. The Bertz CT molecular complexity index is 1780. The van der Waals surface area contributed by atoms with Gasteiger partial charge in [-0.25, -0.2) is 0 Å². The molecule has 6 aromatic heterocycles. The number of carbonyl (C=O) groups is 1. The van der Waals surface area contributed by atoms with Crippen LogP contribution in [0.15, 0.2) is 73.6 Å². The summed E-state index contributed by atoms with van der Waals surface area (Å²) < 4.78 is 0. The summed E-state index contributed by atoms with van der Waals surface area (Å²) in [4.78, 5) is 33.6. The van der Waals surface area contributed by atoms with Gasteiger partial charge in [-0.2, -0.15) is 5.10 Å². The number of aromatic amines is 2. The van der Waals surface area contributed by atoms with Gasteiger partial charge in [-0.3, -0.25) is 29.8 Å². The number of rotatable bonds is 5. The second-order valence-electron chi connectivity index (χ2n) is 10.5. The van der Waals surface area contributed by atoms with Crippen molar-refractivity contribution in [1.82, 2.24) is 35.1 Å². The Hall–Kier alpha value is -4.92. The summed E-state index contributed by atoms with van der Waals surface area (Å²) in [6.45, 7) is 6.10. The van der Waals surface area contributed by atoms with Crippen molar-refractivity contribution < 1.29 is 4.79 Å². The van der Waals surface area contributed by atoms with Gasteiger partial charge in [0.05, 0.1) is 40.7 Å². The van der Waals surface area contributed by atoms with Crippen LogP contribution in [0.4, 0.5) is 5.69 Å². The molecule has 0 fully saturated rings.